The van der Waals surface area contributed by atoms with Crippen molar-refractivity contribution in [2.75, 3.05) is 32.2 Å². The van der Waals surface area contributed by atoms with E-state index in [2.05, 4.69) is 5.32 Å². The molecule has 88 valence electrons. The molecule has 3 N–H and O–H groups in total. The fourth-order valence-corrected chi connectivity index (χ4v) is 1.12. The van der Waals surface area contributed by atoms with Crippen molar-refractivity contribution < 1.29 is 14.3 Å². The first-order chi connectivity index (χ1) is 7.76. The van der Waals surface area contributed by atoms with Crippen LogP contribution in [0.4, 0.5) is 5.69 Å². The van der Waals surface area contributed by atoms with Gasteiger partial charge in [-0.05, 0) is 12.1 Å². The van der Waals surface area contributed by atoms with Crippen LogP contribution in [0.1, 0.15) is 0 Å². The third kappa shape index (κ3) is 4.29. The molecular formula is C11H16N2O3. The van der Waals surface area contributed by atoms with Crippen LogP contribution in [-0.4, -0.2) is 32.8 Å². The molecule has 1 amide bonds. The van der Waals surface area contributed by atoms with Gasteiger partial charge in [0.2, 0.25) is 5.91 Å². The van der Waals surface area contributed by atoms with Gasteiger partial charge in [-0.15, -0.1) is 0 Å². The van der Waals surface area contributed by atoms with E-state index in [0.29, 0.717) is 24.7 Å². The molecule has 5 heteroatoms. The molecule has 0 aromatic heterocycles. The van der Waals surface area contributed by atoms with Crippen molar-refractivity contribution in [3.63, 3.8) is 0 Å². The van der Waals surface area contributed by atoms with Crippen LogP contribution in [0.2, 0.25) is 0 Å². The van der Waals surface area contributed by atoms with E-state index in [0.717, 1.165) is 0 Å². The minimum Gasteiger partial charge on any atom is -0.491 e. The van der Waals surface area contributed by atoms with E-state index in [1.54, 1.807) is 25.3 Å². The molecule has 0 radical (unpaired) electrons. The van der Waals surface area contributed by atoms with Gasteiger partial charge < -0.3 is 20.5 Å². The number of hydrogen-bond donors (Lipinski definition) is 2. The zero-order chi connectivity index (χ0) is 11.8. The summed E-state index contributed by atoms with van der Waals surface area (Å²) in [5.41, 5.74) is 5.87. The quantitative estimate of drug-likeness (QED) is 0.694. The van der Waals surface area contributed by atoms with Crippen LogP contribution in [0.15, 0.2) is 24.3 Å². The summed E-state index contributed by atoms with van der Waals surface area (Å²) < 4.78 is 10.3. The van der Waals surface area contributed by atoms with Crippen LogP contribution in [-0.2, 0) is 9.53 Å². The van der Waals surface area contributed by atoms with Crippen molar-refractivity contribution in [3.8, 4) is 5.75 Å². The van der Waals surface area contributed by atoms with Gasteiger partial charge in [-0.1, -0.05) is 6.07 Å². The van der Waals surface area contributed by atoms with Gasteiger partial charge in [-0.2, -0.15) is 0 Å². The fourth-order valence-electron chi connectivity index (χ4n) is 1.12. The standard InChI is InChI=1S/C11H16N2O3/c1-15-5-6-16-10-4-2-3-9(7-10)13-11(14)8-12/h2-4,7H,5-6,8,12H2,1H3,(H,13,14). The average molecular weight is 224 g/mol. The maximum Gasteiger partial charge on any atom is 0.238 e. The van der Waals surface area contributed by atoms with Crippen molar-refractivity contribution in [2.24, 2.45) is 5.73 Å². The fraction of sp³-hybridized carbons (Fsp3) is 0.364. The molecule has 0 saturated heterocycles. The summed E-state index contributed by atoms with van der Waals surface area (Å²) in [5, 5.41) is 2.65. The van der Waals surface area contributed by atoms with Crippen molar-refractivity contribution >= 4 is 11.6 Å². The van der Waals surface area contributed by atoms with Crippen LogP contribution < -0.4 is 15.8 Å². The molecule has 0 unspecified atom stereocenters. The molecule has 5 nitrogen and oxygen atoms in total. The number of carbonyl (C=O) groups is 1. The lowest BCUT2D eigenvalue weighted by molar-refractivity contribution is -0.114. The molecular weight excluding hydrogens is 208 g/mol. The Kier molecular flexibility index (Phi) is 5.31. The van der Waals surface area contributed by atoms with Crippen LogP contribution in [0.5, 0.6) is 5.75 Å². The van der Waals surface area contributed by atoms with E-state index < -0.39 is 0 Å². The first-order valence-corrected chi connectivity index (χ1v) is 4.98. The normalized spacial score (nSPS) is 9.88. The number of methoxy groups -OCH3 is 1. The Labute approximate surface area is 94.5 Å². The predicted molar refractivity (Wildman–Crippen MR) is 61.5 cm³/mol. The predicted octanol–water partition coefficient (Wildman–Crippen LogP) is 0.609. The zero-order valence-electron chi connectivity index (χ0n) is 9.23. The van der Waals surface area contributed by atoms with E-state index in [1.807, 2.05) is 6.07 Å². The summed E-state index contributed by atoms with van der Waals surface area (Å²) in [6.45, 7) is 0.971. The number of anilines is 1. The highest BCUT2D eigenvalue weighted by Crippen LogP contribution is 2.16. The molecule has 1 rings (SSSR count). The lowest BCUT2D eigenvalue weighted by Gasteiger charge is -2.08. The number of nitrogens with two attached hydrogens (primary N) is 1. The molecule has 0 aliphatic carbocycles. The van der Waals surface area contributed by atoms with Gasteiger partial charge in [-0.3, -0.25) is 4.79 Å². The van der Waals surface area contributed by atoms with E-state index >= 15 is 0 Å². The molecule has 0 spiro atoms. The van der Waals surface area contributed by atoms with Gasteiger partial charge in [0.15, 0.2) is 0 Å². The number of carbonyl (C=O) groups excluding carboxylic acids is 1. The molecule has 0 heterocycles. The minimum atomic E-state index is -0.228. The third-order valence-corrected chi connectivity index (χ3v) is 1.86. The smallest absolute Gasteiger partial charge is 0.238 e. The van der Waals surface area contributed by atoms with Crippen LogP contribution in [0.3, 0.4) is 0 Å². The molecule has 0 aliphatic heterocycles. The number of nitrogens with one attached hydrogen (secondary N) is 1. The second kappa shape index (κ2) is 6.81. The Bertz CT molecular complexity index is 342. The average Bonchev–Trinajstić information content (AvgIpc) is 2.30. The Morgan fingerprint density at radius 3 is 2.94 bits per heavy atom. The van der Waals surface area contributed by atoms with Gasteiger partial charge in [0.1, 0.15) is 12.4 Å². The number of benzene rings is 1. The van der Waals surface area contributed by atoms with Crippen LogP contribution in [0.25, 0.3) is 0 Å². The van der Waals surface area contributed by atoms with Crippen molar-refractivity contribution in [1.82, 2.24) is 0 Å². The highest BCUT2D eigenvalue weighted by Gasteiger charge is 2.00. The maximum atomic E-state index is 11.1. The zero-order valence-corrected chi connectivity index (χ0v) is 9.23. The highest BCUT2D eigenvalue weighted by molar-refractivity contribution is 5.92. The Balaban J connectivity index is 2.53. The summed E-state index contributed by atoms with van der Waals surface area (Å²) in [4.78, 5) is 11.1. The molecule has 1 aromatic carbocycles. The van der Waals surface area contributed by atoms with E-state index in [9.17, 15) is 4.79 Å². The molecule has 0 fully saturated rings. The lowest BCUT2D eigenvalue weighted by Crippen LogP contribution is -2.21. The van der Waals surface area contributed by atoms with Crippen molar-refractivity contribution in [2.45, 2.75) is 0 Å². The molecule has 0 bridgehead atoms. The summed E-state index contributed by atoms with van der Waals surface area (Å²) in [7, 11) is 1.61. The third-order valence-electron chi connectivity index (χ3n) is 1.86. The second-order valence-electron chi connectivity index (χ2n) is 3.12. The van der Waals surface area contributed by atoms with Crippen molar-refractivity contribution in [3.05, 3.63) is 24.3 Å². The van der Waals surface area contributed by atoms with Crippen LogP contribution in [0, 0.1) is 0 Å². The van der Waals surface area contributed by atoms with Gasteiger partial charge in [0, 0.05) is 18.9 Å². The number of rotatable bonds is 6. The van der Waals surface area contributed by atoms with Crippen molar-refractivity contribution in [1.29, 1.82) is 0 Å². The molecule has 1 aromatic rings. The summed E-state index contributed by atoms with van der Waals surface area (Å²) >= 11 is 0. The first-order valence-electron chi connectivity index (χ1n) is 4.98. The van der Waals surface area contributed by atoms with E-state index in [-0.39, 0.29) is 12.5 Å². The van der Waals surface area contributed by atoms with Gasteiger partial charge in [0.25, 0.3) is 0 Å². The second-order valence-corrected chi connectivity index (χ2v) is 3.12. The van der Waals surface area contributed by atoms with Gasteiger partial charge >= 0.3 is 0 Å². The minimum absolute atomic E-state index is 0.0330. The molecule has 0 saturated carbocycles. The summed E-state index contributed by atoms with van der Waals surface area (Å²) in [5.74, 6) is 0.459. The lowest BCUT2D eigenvalue weighted by atomic mass is 10.3. The van der Waals surface area contributed by atoms with Gasteiger partial charge in [0.05, 0.1) is 13.2 Å². The Hall–Kier alpha value is -1.59. The van der Waals surface area contributed by atoms with E-state index in [1.165, 1.54) is 0 Å². The first kappa shape index (κ1) is 12.5. The number of amides is 1. The monoisotopic (exact) mass is 224 g/mol. The van der Waals surface area contributed by atoms with E-state index in [4.69, 9.17) is 15.2 Å². The SMILES string of the molecule is COCCOc1cccc(NC(=O)CN)c1. The Morgan fingerprint density at radius 2 is 2.25 bits per heavy atom. The Morgan fingerprint density at radius 1 is 1.44 bits per heavy atom. The summed E-state index contributed by atoms with van der Waals surface area (Å²) in [6.07, 6.45) is 0. The van der Waals surface area contributed by atoms with Crippen LogP contribution >= 0.6 is 0 Å². The topological polar surface area (TPSA) is 73.6 Å². The highest BCUT2D eigenvalue weighted by atomic mass is 16.5. The summed E-state index contributed by atoms with van der Waals surface area (Å²) in [6, 6.07) is 7.13. The maximum absolute atomic E-state index is 11.1. The molecule has 0 atom stereocenters. The molecule has 0 aliphatic rings. The number of ether oxygens (including phenoxy) is 2. The molecule has 16 heavy (non-hydrogen) atoms. The van der Waals surface area contributed by atoms with Gasteiger partial charge in [-0.25, -0.2) is 0 Å². The largest absolute Gasteiger partial charge is 0.491 e. The number of hydrogen-bond acceptors (Lipinski definition) is 4.